The van der Waals surface area contributed by atoms with Crippen molar-refractivity contribution >= 4 is 17.7 Å². The van der Waals surface area contributed by atoms with Crippen molar-refractivity contribution in [2.75, 3.05) is 25.1 Å². The van der Waals surface area contributed by atoms with E-state index in [9.17, 15) is 4.79 Å². The molecule has 1 heterocycles. The van der Waals surface area contributed by atoms with E-state index in [0.717, 1.165) is 30.9 Å². The molecule has 0 saturated carbocycles. The lowest BCUT2D eigenvalue weighted by Gasteiger charge is -2.34. The number of hydrogen-bond donors (Lipinski definition) is 1. The van der Waals surface area contributed by atoms with Gasteiger partial charge in [0.15, 0.2) is 0 Å². The molecule has 21 heavy (non-hydrogen) atoms. The average molecular weight is 304 g/mol. The van der Waals surface area contributed by atoms with Crippen molar-refractivity contribution in [2.45, 2.75) is 37.8 Å². The number of thioether (sulfide) groups is 1. The molecule has 3 rings (SSSR count). The van der Waals surface area contributed by atoms with Crippen LogP contribution in [0.2, 0.25) is 0 Å². The minimum absolute atomic E-state index is 0.263. The van der Waals surface area contributed by atoms with Crippen molar-refractivity contribution < 1.29 is 4.79 Å². The van der Waals surface area contributed by atoms with Crippen LogP contribution >= 0.6 is 11.8 Å². The number of rotatable bonds is 3. The Morgan fingerprint density at radius 3 is 3.10 bits per heavy atom. The van der Waals surface area contributed by atoms with Crippen LogP contribution in [0.15, 0.2) is 24.3 Å². The van der Waals surface area contributed by atoms with Gasteiger partial charge in [0.25, 0.3) is 0 Å². The molecule has 0 spiro atoms. The maximum absolute atomic E-state index is 12.6. The molecular weight excluding hydrogens is 280 g/mol. The highest BCUT2D eigenvalue weighted by Gasteiger charge is 2.28. The molecule has 2 atom stereocenters. The third-order valence-electron chi connectivity index (χ3n) is 4.62. The second-order valence-corrected chi connectivity index (χ2v) is 7.19. The summed E-state index contributed by atoms with van der Waals surface area (Å²) in [7, 11) is 1.98. The largest absolute Gasteiger partial charge is 0.339 e. The number of hydrogen-bond acceptors (Lipinski definition) is 3. The predicted molar refractivity (Wildman–Crippen MR) is 88.6 cm³/mol. The van der Waals surface area contributed by atoms with Crippen LogP contribution in [0.5, 0.6) is 0 Å². The molecule has 3 nitrogen and oxygen atoms in total. The second kappa shape index (κ2) is 6.84. The molecule has 0 radical (unpaired) electrons. The predicted octanol–water partition coefficient (Wildman–Crippen LogP) is 2.62. The number of nitrogens with one attached hydrogen (secondary N) is 1. The van der Waals surface area contributed by atoms with Gasteiger partial charge in [0.2, 0.25) is 5.91 Å². The minimum Gasteiger partial charge on any atom is -0.339 e. The van der Waals surface area contributed by atoms with Crippen LogP contribution in [-0.2, 0) is 11.2 Å². The van der Waals surface area contributed by atoms with Gasteiger partial charge in [-0.05, 0) is 30.4 Å². The van der Waals surface area contributed by atoms with E-state index in [2.05, 4.69) is 29.6 Å². The molecule has 1 amide bonds. The quantitative estimate of drug-likeness (QED) is 0.931. The molecule has 1 fully saturated rings. The lowest BCUT2D eigenvalue weighted by molar-refractivity contribution is -0.132. The fourth-order valence-corrected chi connectivity index (χ4v) is 4.36. The van der Waals surface area contributed by atoms with Crippen LogP contribution in [-0.4, -0.2) is 41.9 Å². The van der Waals surface area contributed by atoms with Crippen LogP contribution in [0.25, 0.3) is 0 Å². The summed E-state index contributed by atoms with van der Waals surface area (Å²) in [5.74, 6) is 2.49. The molecule has 1 aromatic carbocycles. The Bertz CT molecular complexity index is 499. The summed E-state index contributed by atoms with van der Waals surface area (Å²) >= 11 is 1.95. The first-order valence-electron chi connectivity index (χ1n) is 7.90. The molecule has 1 aromatic rings. The molecule has 0 bridgehead atoms. The zero-order valence-corrected chi connectivity index (χ0v) is 13.5. The van der Waals surface area contributed by atoms with Gasteiger partial charge in [0, 0.05) is 37.6 Å². The molecule has 1 N–H and O–H groups in total. The fourth-order valence-electron chi connectivity index (χ4n) is 3.41. The molecule has 2 unspecified atom stereocenters. The van der Waals surface area contributed by atoms with Gasteiger partial charge >= 0.3 is 0 Å². The second-order valence-electron chi connectivity index (χ2n) is 6.04. The van der Waals surface area contributed by atoms with Crippen molar-refractivity contribution in [1.82, 2.24) is 10.2 Å². The molecule has 4 heteroatoms. The summed E-state index contributed by atoms with van der Waals surface area (Å²) in [4.78, 5) is 14.6. The van der Waals surface area contributed by atoms with E-state index >= 15 is 0 Å². The Morgan fingerprint density at radius 1 is 1.43 bits per heavy atom. The highest BCUT2D eigenvalue weighted by molar-refractivity contribution is 7.99. The van der Waals surface area contributed by atoms with Crippen molar-refractivity contribution in [3.05, 3.63) is 35.4 Å². The number of benzene rings is 1. The Kier molecular flexibility index (Phi) is 4.86. The molecule has 0 aromatic heterocycles. The Balaban J connectivity index is 1.67. The van der Waals surface area contributed by atoms with Gasteiger partial charge in [-0.3, -0.25) is 4.79 Å². The third-order valence-corrected chi connectivity index (χ3v) is 5.75. The topological polar surface area (TPSA) is 32.3 Å². The molecule has 1 aliphatic carbocycles. The molecular formula is C17H24N2OS. The van der Waals surface area contributed by atoms with Crippen LogP contribution in [0.3, 0.4) is 0 Å². The summed E-state index contributed by atoms with van der Waals surface area (Å²) in [6.07, 6.45) is 4.04. The Morgan fingerprint density at radius 2 is 2.29 bits per heavy atom. The van der Waals surface area contributed by atoms with E-state index < -0.39 is 0 Å². The highest BCUT2D eigenvalue weighted by Crippen LogP contribution is 2.33. The number of carbonyl (C=O) groups excluding carboxylic acids is 1. The van der Waals surface area contributed by atoms with Gasteiger partial charge in [-0.25, -0.2) is 0 Å². The van der Waals surface area contributed by atoms with Crippen molar-refractivity contribution in [3.63, 3.8) is 0 Å². The van der Waals surface area contributed by atoms with E-state index in [1.54, 1.807) is 0 Å². The van der Waals surface area contributed by atoms with Gasteiger partial charge < -0.3 is 10.2 Å². The van der Waals surface area contributed by atoms with Gasteiger partial charge in [-0.15, -0.1) is 0 Å². The standard InChI is InChI=1S/C17H24N2OS/c1-19(17(20)11-14-12-21-10-9-18-14)16-8-4-6-13-5-2-3-7-15(13)16/h2-3,5,7,14,16,18H,4,6,8-12H2,1H3. The number of amides is 1. The molecule has 1 saturated heterocycles. The fraction of sp³-hybridized carbons (Fsp3) is 0.588. The summed E-state index contributed by atoms with van der Waals surface area (Å²) < 4.78 is 0. The average Bonchev–Trinajstić information content (AvgIpc) is 2.54. The normalized spacial score (nSPS) is 25.2. The molecule has 114 valence electrons. The lowest BCUT2D eigenvalue weighted by Crippen LogP contribution is -2.42. The smallest absolute Gasteiger partial charge is 0.224 e. The zero-order chi connectivity index (χ0) is 14.7. The van der Waals surface area contributed by atoms with Crippen LogP contribution < -0.4 is 5.32 Å². The Hall–Kier alpha value is -1.00. The number of aryl methyl sites for hydroxylation is 1. The van der Waals surface area contributed by atoms with Gasteiger partial charge in [0.05, 0.1) is 6.04 Å². The number of carbonyl (C=O) groups is 1. The van der Waals surface area contributed by atoms with E-state index in [-0.39, 0.29) is 11.9 Å². The zero-order valence-electron chi connectivity index (χ0n) is 12.7. The van der Waals surface area contributed by atoms with Gasteiger partial charge in [-0.2, -0.15) is 11.8 Å². The first kappa shape index (κ1) is 14.9. The van der Waals surface area contributed by atoms with Crippen LogP contribution in [0.1, 0.15) is 36.4 Å². The first-order valence-corrected chi connectivity index (χ1v) is 9.06. The van der Waals surface area contributed by atoms with Crippen LogP contribution in [0, 0.1) is 0 Å². The summed E-state index contributed by atoms with van der Waals surface area (Å²) in [5, 5.41) is 3.46. The van der Waals surface area contributed by atoms with Crippen molar-refractivity contribution in [1.29, 1.82) is 0 Å². The van der Waals surface area contributed by atoms with Gasteiger partial charge in [-0.1, -0.05) is 24.3 Å². The SMILES string of the molecule is CN(C(=O)CC1CSCCN1)C1CCCc2ccccc21. The van der Waals surface area contributed by atoms with E-state index in [0.29, 0.717) is 12.5 Å². The monoisotopic (exact) mass is 304 g/mol. The number of nitrogens with zero attached hydrogens (tertiary/aromatic N) is 1. The first-order chi connectivity index (χ1) is 10.3. The number of fused-ring (bicyclic) bond motifs is 1. The Labute approximate surface area is 131 Å². The summed E-state index contributed by atoms with van der Waals surface area (Å²) in [6, 6.07) is 9.20. The van der Waals surface area contributed by atoms with Gasteiger partial charge in [0.1, 0.15) is 0 Å². The maximum atomic E-state index is 12.6. The lowest BCUT2D eigenvalue weighted by atomic mass is 9.87. The van der Waals surface area contributed by atoms with Crippen molar-refractivity contribution in [2.24, 2.45) is 0 Å². The minimum atomic E-state index is 0.263. The molecule has 2 aliphatic rings. The highest BCUT2D eigenvalue weighted by atomic mass is 32.2. The summed E-state index contributed by atoms with van der Waals surface area (Å²) in [5.41, 5.74) is 2.77. The third kappa shape index (κ3) is 3.43. The van der Waals surface area contributed by atoms with Crippen LogP contribution in [0.4, 0.5) is 0 Å². The van der Waals surface area contributed by atoms with E-state index in [1.807, 2.05) is 23.7 Å². The van der Waals surface area contributed by atoms with Crippen molar-refractivity contribution in [3.8, 4) is 0 Å². The van der Waals surface area contributed by atoms with E-state index in [1.165, 1.54) is 17.5 Å². The molecule has 1 aliphatic heterocycles. The summed E-state index contributed by atoms with van der Waals surface area (Å²) in [6.45, 7) is 1.03. The van der Waals surface area contributed by atoms with E-state index in [4.69, 9.17) is 0 Å². The maximum Gasteiger partial charge on any atom is 0.224 e.